The summed E-state index contributed by atoms with van der Waals surface area (Å²) < 4.78 is 6.30. The highest BCUT2D eigenvalue weighted by Crippen LogP contribution is 2.35. The smallest absolute Gasteiger partial charge is 0.251 e. The lowest BCUT2D eigenvalue weighted by molar-refractivity contribution is -0.119. The Hall–Kier alpha value is -2.55. The monoisotopic (exact) mass is 417 g/mol. The Balaban J connectivity index is 1.53. The topological polar surface area (TPSA) is 87.3 Å². The van der Waals surface area contributed by atoms with E-state index in [4.69, 9.17) is 16.3 Å². The van der Waals surface area contributed by atoms with Crippen molar-refractivity contribution in [3.63, 3.8) is 0 Å². The second-order valence-electron chi connectivity index (χ2n) is 6.99. The molecule has 1 aromatic heterocycles. The van der Waals surface area contributed by atoms with Gasteiger partial charge >= 0.3 is 0 Å². The van der Waals surface area contributed by atoms with Gasteiger partial charge in [0, 0.05) is 23.9 Å². The van der Waals surface area contributed by atoms with E-state index in [2.05, 4.69) is 26.5 Å². The molecule has 0 unspecified atom stereocenters. The Labute approximate surface area is 171 Å². The van der Waals surface area contributed by atoms with Gasteiger partial charge in [-0.2, -0.15) is 0 Å². The molecule has 7 nitrogen and oxygen atoms in total. The van der Waals surface area contributed by atoms with E-state index in [1.54, 1.807) is 25.3 Å². The van der Waals surface area contributed by atoms with Gasteiger partial charge in [-0.15, -0.1) is 0 Å². The van der Waals surface area contributed by atoms with E-state index < -0.39 is 5.54 Å². The maximum absolute atomic E-state index is 12.9. The third-order valence-electron chi connectivity index (χ3n) is 4.54. The van der Waals surface area contributed by atoms with E-state index in [9.17, 15) is 4.79 Å². The average Bonchev–Trinajstić information content (AvgIpc) is 3.28. The number of methoxy groups -OCH3 is 1. The Morgan fingerprint density at radius 1 is 1.32 bits per heavy atom. The van der Waals surface area contributed by atoms with Crippen LogP contribution in [0.5, 0.6) is 5.75 Å². The lowest BCUT2D eigenvalue weighted by Crippen LogP contribution is -2.44. The molecule has 0 bridgehead atoms. The molecule has 2 heterocycles. The van der Waals surface area contributed by atoms with Gasteiger partial charge in [0.25, 0.3) is 5.91 Å². The number of carbonyl (C=O) groups excluding carboxylic acids is 1. The molecule has 0 saturated heterocycles. The molecule has 28 heavy (non-hydrogen) atoms. The fourth-order valence-corrected chi connectivity index (χ4v) is 4.23. The lowest BCUT2D eigenvalue weighted by atomic mass is 10.0. The Bertz CT molecular complexity index is 1070. The molecule has 4 N–H and O–H groups in total. The first-order chi connectivity index (χ1) is 13.4. The van der Waals surface area contributed by atoms with Crippen LogP contribution in [-0.2, 0) is 11.3 Å². The summed E-state index contributed by atoms with van der Waals surface area (Å²) in [7, 11) is 1.55. The SMILES string of the molecule is COc1cc(NC(C)(C)C(=O)Nc2nc3ccc4c(c3s2)CNN4)ccc1Cl. The van der Waals surface area contributed by atoms with Crippen LogP contribution in [0, 0.1) is 0 Å². The van der Waals surface area contributed by atoms with Gasteiger partial charge in [0.05, 0.1) is 28.0 Å². The third-order valence-corrected chi connectivity index (χ3v) is 5.90. The van der Waals surface area contributed by atoms with Crippen molar-refractivity contribution in [3.8, 4) is 5.75 Å². The van der Waals surface area contributed by atoms with Crippen molar-refractivity contribution in [2.75, 3.05) is 23.2 Å². The summed E-state index contributed by atoms with van der Waals surface area (Å²) in [5.74, 6) is 0.360. The molecule has 9 heteroatoms. The number of ether oxygens (including phenoxy) is 1. The first-order valence-electron chi connectivity index (χ1n) is 8.72. The lowest BCUT2D eigenvalue weighted by Gasteiger charge is -2.26. The molecule has 1 aliphatic rings. The minimum atomic E-state index is -0.873. The molecule has 1 amide bonds. The summed E-state index contributed by atoms with van der Waals surface area (Å²) in [5, 5.41) is 7.24. The summed E-state index contributed by atoms with van der Waals surface area (Å²) in [6.07, 6.45) is 0. The number of carbonyl (C=O) groups is 1. The molecular weight excluding hydrogens is 398 g/mol. The quantitative estimate of drug-likeness (QED) is 0.497. The number of halogens is 1. The number of nitrogens with zero attached hydrogens (tertiary/aromatic N) is 1. The van der Waals surface area contributed by atoms with Gasteiger partial charge in [-0.3, -0.25) is 10.1 Å². The number of thiazole rings is 1. The minimum Gasteiger partial charge on any atom is -0.495 e. The molecule has 0 saturated carbocycles. The van der Waals surface area contributed by atoms with Crippen LogP contribution in [0.1, 0.15) is 19.4 Å². The normalized spacial score (nSPS) is 13.1. The second kappa shape index (κ2) is 7.12. The van der Waals surface area contributed by atoms with Gasteiger partial charge in [-0.25, -0.2) is 10.4 Å². The molecule has 0 radical (unpaired) electrons. The van der Waals surface area contributed by atoms with Crippen LogP contribution >= 0.6 is 22.9 Å². The van der Waals surface area contributed by atoms with Crippen molar-refractivity contribution >= 4 is 55.6 Å². The molecule has 0 fully saturated rings. The molecule has 4 rings (SSSR count). The number of hydrazine groups is 1. The zero-order chi connectivity index (χ0) is 19.9. The molecule has 3 aromatic rings. The number of anilines is 3. The van der Waals surface area contributed by atoms with Gasteiger partial charge in [-0.1, -0.05) is 22.9 Å². The number of hydrogen-bond donors (Lipinski definition) is 4. The van der Waals surface area contributed by atoms with Crippen molar-refractivity contribution in [2.45, 2.75) is 25.9 Å². The summed E-state index contributed by atoms with van der Waals surface area (Å²) in [6.45, 7) is 4.35. The zero-order valence-corrected chi connectivity index (χ0v) is 17.2. The fraction of sp³-hybridized carbons (Fsp3) is 0.263. The van der Waals surface area contributed by atoms with Crippen LogP contribution in [0.4, 0.5) is 16.5 Å². The molecule has 2 aromatic carbocycles. The predicted octanol–water partition coefficient (Wildman–Crippen LogP) is 4.22. The molecule has 1 aliphatic heterocycles. The predicted molar refractivity (Wildman–Crippen MR) is 114 cm³/mol. The number of benzene rings is 2. The van der Waals surface area contributed by atoms with Crippen molar-refractivity contribution in [1.29, 1.82) is 0 Å². The third kappa shape index (κ3) is 3.46. The second-order valence-corrected chi connectivity index (χ2v) is 8.40. The van der Waals surface area contributed by atoms with Crippen LogP contribution in [0.2, 0.25) is 5.02 Å². The van der Waals surface area contributed by atoms with Crippen molar-refractivity contribution in [2.24, 2.45) is 0 Å². The van der Waals surface area contributed by atoms with Crippen molar-refractivity contribution < 1.29 is 9.53 Å². The number of hydrogen-bond acceptors (Lipinski definition) is 7. The van der Waals surface area contributed by atoms with E-state index in [1.807, 2.05) is 26.0 Å². The average molecular weight is 418 g/mol. The molecule has 0 spiro atoms. The molecule has 146 valence electrons. The van der Waals surface area contributed by atoms with Gasteiger partial charge in [0.1, 0.15) is 11.3 Å². The first kappa shape index (κ1) is 18.8. The van der Waals surface area contributed by atoms with E-state index in [0.717, 1.165) is 28.1 Å². The maximum Gasteiger partial charge on any atom is 0.251 e. The van der Waals surface area contributed by atoms with Crippen molar-refractivity contribution in [1.82, 2.24) is 10.4 Å². The van der Waals surface area contributed by atoms with Crippen LogP contribution < -0.4 is 26.2 Å². The summed E-state index contributed by atoms with van der Waals surface area (Å²) in [4.78, 5) is 17.4. The summed E-state index contributed by atoms with van der Waals surface area (Å²) >= 11 is 7.54. The highest BCUT2D eigenvalue weighted by atomic mass is 35.5. The minimum absolute atomic E-state index is 0.187. The van der Waals surface area contributed by atoms with Gasteiger partial charge < -0.3 is 15.5 Å². The van der Waals surface area contributed by atoms with E-state index in [1.165, 1.54) is 16.9 Å². The Morgan fingerprint density at radius 3 is 2.93 bits per heavy atom. The number of aromatic nitrogens is 1. The van der Waals surface area contributed by atoms with E-state index in [0.29, 0.717) is 15.9 Å². The summed E-state index contributed by atoms with van der Waals surface area (Å²) in [6, 6.07) is 9.23. The van der Waals surface area contributed by atoms with Crippen LogP contribution in [0.15, 0.2) is 30.3 Å². The Kier molecular flexibility index (Phi) is 4.78. The van der Waals surface area contributed by atoms with Crippen LogP contribution in [0.3, 0.4) is 0 Å². The van der Waals surface area contributed by atoms with Gasteiger partial charge in [-0.05, 0) is 38.1 Å². The van der Waals surface area contributed by atoms with Crippen molar-refractivity contribution in [3.05, 3.63) is 40.9 Å². The number of rotatable bonds is 5. The van der Waals surface area contributed by atoms with E-state index in [-0.39, 0.29) is 5.91 Å². The molecular formula is C19H20ClN5O2S. The first-order valence-corrected chi connectivity index (χ1v) is 9.91. The van der Waals surface area contributed by atoms with Crippen LogP contribution in [0.25, 0.3) is 10.2 Å². The maximum atomic E-state index is 12.9. The van der Waals surface area contributed by atoms with Gasteiger partial charge in [0.2, 0.25) is 0 Å². The van der Waals surface area contributed by atoms with Gasteiger partial charge in [0.15, 0.2) is 5.13 Å². The number of fused-ring (bicyclic) bond motifs is 3. The highest BCUT2D eigenvalue weighted by Gasteiger charge is 2.29. The molecule has 0 aliphatic carbocycles. The number of amides is 1. The molecule has 0 atom stereocenters. The zero-order valence-electron chi connectivity index (χ0n) is 15.6. The van der Waals surface area contributed by atoms with Crippen LogP contribution in [-0.4, -0.2) is 23.5 Å². The number of nitrogens with one attached hydrogen (secondary N) is 4. The standard InChI is InChI=1S/C19H20ClN5O2S/c1-19(2,24-10-4-5-12(20)15(8-10)27-3)17(26)23-18-22-14-7-6-13-11(9-21-25-13)16(14)28-18/h4-8,21,24-25H,9H2,1-3H3,(H,22,23,26). The highest BCUT2D eigenvalue weighted by molar-refractivity contribution is 7.22. The fourth-order valence-electron chi connectivity index (χ4n) is 3.03. The van der Waals surface area contributed by atoms with E-state index >= 15 is 0 Å². The largest absolute Gasteiger partial charge is 0.495 e. The Morgan fingerprint density at radius 2 is 2.14 bits per heavy atom. The summed E-state index contributed by atoms with van der Waals surface area (Å²) in [5.41, 5.74) is 9.18.